The summed E-state index contributed by atoms with van der Waals surface area (Å²) in [4.78, 5) is 23.1. The standard InChI is InChI=1S/C19H22N2O4/c1-13(22)21-16-7-4-14(5-8-16)11-19(23)20-12-15-6-9-17(24-2)18(10-15)25-3/h4-10H,11-12H2,1-3H3,(H,20,23)(H,21,22). The molecule has 0 aliphatic carbocycles. The maximum Gasteiger partial charge on any atom is 0.224 e. The molecule has 0 spiro atoms. The quantitative estimate of drug-likeness (QED) is 0.811. The van der Waals surface area contributed by atoms with Gasteiger partial charge < -0.3 is 20.1 Å². The first-order valence-electron chi connectivity index (χ1n) is 7.86. The number of anilines is 1. The van der Waals surface area contributed by atoms with Crippen LogP contribution in [0.3, 0.4) is 0 Å². The second-order valence-electron chi connectivity index (χ2n) is 5.52. The van der Waals surface area contributed by atoms with Gasteiger partial charge in [-0.1, -0.05) is 18.2 Å². The number of benzene rings is 2. The monoisotopic (exact) mass is 342 g/mol. The van der Waals surface area contributed by atoms with Crippen LogP contribution in [0.25, 0.3) is 0 Å². The second kappa shape index (κ2) is 8.73. The molecule has 0 atom stereocenters. The van der Waals surface area contributed by atoms with Crippen molar-refractivity contribution in [1.29, 1.82) is 0 Å². The highest BCUT2D eigenvalue weighted by Gasteiger charge is 2.07. The van der Waals surface area contributed by atoms with E-state index in [1.807, 2.05) is 24.3 Å². The predicted molar refractivity (Wildman–Crippen MR) is 95.8 cm³/mol. The Balaban J connectivity index is 1.89. The molecule has 6 heteroatoms. The summed E-state index contributed by atoms with van der Waals surface area (Å²) in [5, 5.41) is 5.57. The molecule has 0 bridgehead atoms. The molecule has 0 radical (unpaired) electrons. The first-order valence-corrected chi connectivity index (χ1v) is 7.86. The minimum absolute atomic E-state index is 0.0814. The highest BCUT2D eigenvalue weighted by Crippen LogP contribution is 2.27. The summed E-state index contributed by atoms with van der Waals surface area (Å²) in [7, 11) is 3.15. The van der Waals surface area contributed by atoms with Crippen LogP contribution in [0.4, 0.5) is 5.69 Å². The molecule has 2 aromatic carbocycles. The number of rotatable bonds is 7. The molecular formula is C19H22N2O4. The molecule has 6 nitrogen and oxygen atoms in total. The smallest absolute Gasteiger partial charge is 0.224 e. The van der Waals surface area contributed by atoms with Crippen LogP contribution in [0.2, 0.25) is 0 Å². The van der Waals surface area contributed by atoms with E-state index in [0.717, 1.165) is 11.1 Å². The SMILES string of the molecule is COc1ccc(CNC(=O)Cc2ccc(NC(C)=O)cc2)cc1OC. The van der Waals surface area contributed by atoms with Crippen LogP contribution in [-0.4, -0.2) is 26.0 Å². The average molecular weight is 342 g/mol. The lowest BCUT2D eigenvalue weighted by Gasteiger charge is -2.10. The van der Waals surface area contributed by atoms with E-state index in [1.165, 1.54) is 6.92 Å². The van der Waals surface area contributed by atoms with Gasteiger partial charge in [0.1, 0.15) is 0 Å². The van der Waals surface area contributed by atoms with E-state index in [0.29, 0.717) is 23.7 Å². The Morgan fingerprint density at radius 3 is 2.16 bits per heavy atom. The fourth-order valence-corrected chi connectivity index (χ4v) is 2.35. The Morgan fingerprint density at radius 2 is 1.56 bits per heavy atom. The Kier molecular flexibility index (Phi) is 6.39. The molecule has 0 saturated carbocycles. The number of methoxy groups -OCH3 is 2. The lowest BCUT2D eigenvalue weighted by molar-refractivity contribution is -0.120. The number of carbonyl (C=O) groups is 2. The third-order valence-electron chi connectivity index (χ3n) is 3.58. The highest BCUT2D eigenvalue weighted by molar-refractivity contribution is 5.88. The van der Waals surface area contributed by atoms with Crippen molar-refractivity contribution in [2.75, 3.05) is 19.5 Å². The van der Waals surface area contributed by atoms with Crippen molar-refractivity contribution >= 4 is 17.5 Å². The normalized spacial score (nSPS) is 10.0. The van der Waals surface area contributed by atoms with E-state index >= 15 is 0 Å². The van der Waals surface area contributed by atoms with Crippen LogP contribution in [0.15, 0.2) is 42.5 Å². The second-order valence-corrected chi connectivity index (χ2v) is 5.52. The predicted octanol–water partition coefficient (Wildman–Crippen LogP) is 2.52. The Labute approximate surface area is 147 Å². The summed E-state index contributed by atoms with van der Waals surface area (Å²) < 4.78 is 10.4. The molecule has 2 N–H and O–H groups in total. The van der Waals surface area contributed by atoms with Crippen LogP contribution in [0.5, 0.6) is 11.5 Å². The number of ether oxygens (including phenoxy) is 2. The van der Waals surface area contributed by atoms with E-state index < -0.39 is 0 Å². The molecule has 0 heterocycles. The van der Waals surface area contributed by atoms with E-state index in [4.69, 9.17) is 9.47 Å². The van der Waals surface area contributed by atoms with Gasteiger partial charge in [0.15, 0.2) is 11.5 Å². The third-order valence-corrected chi connectivity index (χ3v) is 3.58. The van der Waals surface area contributed by atoms with Gasteiger partial charge in [0.2, 0.25) is 11.8 Å². The zero-order chi connectivity index (χ0) is 18.2. The fourth-order valence-electron chi connectivity index (χ4n) is 2.35. The van der Waals surface area contributed by atoms with Crippen molar-refractivity contribution in [2.24, 2.45) is 0 Å². The maximum absolute atomic E-state index is 12.1. The summed E-state index contributed by atoms with van der Waals surface area (Å²) in [6, 6.07) is 12.7. The fraction of sp³-hybridized carbons (Fsp3) is 0.263. The topological polar surface area (TPSA) is 76.7 Å². The van der Waals surface area contributed by atoms with Gasteiger partial charge in [-0.05, 0) is 35.4 Å². The number of carbonyl (C=O) groups excluding carboxylic acids is 2. The van der Waals surface area contributed by atoms with Gasteiger partial charge in [-0.3, -0.25) is 9.59 Å². The van der Waals surface area contributed by atoms with Gasteiger partial charge in [0, 0.05) is 19.2 Å². The molecule has 2 aromatic rings. The Hall–Kier alpha value is -3.02. The van der Waals surface area contributed by atoms with Crippen molar-refractivity contribution in [1.82, 2.24) is 5.32 Å². The summed E-state index contributed by atoms with van der Waals surface area (Å²) >= 11 is 0. The van der Waals surface area contributed by atoms with Gasteiger partial charge in [-0.2, -0.15) is 0 Å². The van der Waals surface area contributed by atoms with Crippen molar-refractivity contribution in [3.8, 4) is 11.5 Å². The van der Waals surface area contributed by atoms with Gasteiger partial charge in [-0.15, -0.1) is 0 Å². The molecule has 0 aliphatic heterocycles. The van der Waals surface area contributed by atoms with E-state index in [1.54, 1.807) is 32.4 Å². The summed E-state index contributed by atoms with van der Waals surface area (Å²) in [5.74, 6) is 1.07. The lowest BCUT2D eigenvalue weighted by atomic mass is 10.1. The molecule has 2 amide bonds. The van der Waals surface area contributed by atoms with Crippen molar-refractivity contribution in [3.05, 3.63) is 53.6 Å². The average Bonchev–Trinajstić information content (AvgIpc) is 2.61. The van der Waals surface area contributed by atoms with Gasteiger partial charge in [-0.25, -0.2) is 0 Å². The van der Waals surface area contributed by atoms with Crippen molar-refractivity contribution < 1.29 is 19.1 Å². The molecular weight excluding hydrogens is 320 g/mol. The van der Waals surface area contributed by atoms with Crippen LogP contribution in [0, 0.1) is 0 Å². The van der Waals surface area contributed by atoms with Crippen molar-refractivity contribution in [3.63, 3.8) is 0 Å². The molecule has 2 rings (SSSR count). The number of nitrogens with one attached hydrogen (secondary N) is 2. The molecule has 0 aromatic heterocycles. The van der Waals surface area contributed by atoms with Gasteiger partial charge in [0.25, 0.3) is 0 Å². The lowest BCUT2D eigenvalue weighted by Crippen LogP contribution is -2.24. The van der Waals surface area contributed by atoms with Gasteiger partial charge >= 0.3 is 0 Å². The zero-order valence-corrected chi connectivity index (χ0v) is 14.6. The minimum Gasteiger partial charge on any atom is -0.493 e. The first-order chi connectivity index (χ1) is 12.0. The van der Waals surface area contributed by atoms with Gasteiger partial charge in [0.05, 0.1) is 20.6 Å². The molecule has 0 fully saturated rings. The number of hydrogen-bond donors (Lipinski definition) is 2. The van der Waals surface area contributed by atoms with Crippen LogP contribution in [0.1, 0.15) is 18.1 Å². The third kappa shape index (κ3) is 5.53. The maximum atomic E-state index is 12.1. The molecule has 132 valence electrons. The van der Waals surface area contributed by atoms with Crippen LogP contribution < -0.4 is 20.1 Å². The van der Waals surface area contributed by atoms with E-state index in [-0.39, 0.29) is 18.2 Å². The molecule has 25 heavy (non-hydrogen) atoms. The highest BCUT2D eigenvalue weighted by atomic mass is 16.5. The molecule has 0 saturated heterocycles. The molecule has 0 aliphatic rings. The Bertz CT molecular complexity index is 742. The largest absolute Gasteiger partial charge is 0.493 e. The van der Waals surface area contributed by atoms with E-state index in [2.05, 4.69) is 10.6 Å². The molecule has 0 unspecified atom stereocenters. The van der Waals surface area contributed by atoms with Crippen molar-refractivity contribution in [2.45, 2.75) is 19.9 Å². The minimum atomic E-state index is -0.125. The summed E-state index contributed by atoms with van der Waals surface area (Å²) in [5.41, 5.74) is 2.51. The zero-order valence-electron chi connectivity index (χ0n) is 14.6. The Morgan fingerprint density at radius 1 is 0.920 bits per heavy atom. The summed E-state index contributed by atoms with van der Waals surface area (Å²) in [6.07, 6.45) is 0.271. The number of hydrogen-bond acceptors (Lipinski definition) is 4. The number of amides is 2. The summed E-state index contributed by atoms with van der Waals surface area (Å²) in [6.45, 7) is 1.86. The van der Waals surface area contributed by atoms with Crippen LogP contribution in [-0.2, 0) is 22.6 Å². The first kappa shape index (κ1) is 18.3. The van der Waals surface area contributed by atoms with Crippen LogP contribution >= 0.6 is 0 Å². The van der Waals surface area contributed by atoms with E-state index in [9.17, 15) is 9.59 Å².